The molecule has 4 heterocycles. The van der Waals surface area contributed by atoms with E-state index in [0.29, 0.717) is 0 Å². The molecule has 0 aliphatic carbocycles. The Balaban J connectivity index is 1.60. The summed E-state index contributed by atoms with van der Waals surface area (Å²) in [5, 5.41) is 12.2. The van der Waals surface area contributed by atoms with Crippen molar-refractivity contribution in [2.24, 2.45) is 7.05 Å². The normalized spacial score (nSPS) is 14.5. The molecule has 0 saturated carbocycles. The first-order valence-corrected chi connectivity index (χ1v) is 9.25. The van der Waals surface area contributed by atoms with Gasteiger partial charge in [-0.1, -0.05) is 36.4 Å². The molecule has 3 aromatic heterocycles. The van der Waals surface area contributed by atoms with Gasteiger partial charge in [0, 0.05) is 42.7 Å². The van der Waals surface area contributed by atoms with Crippen LogP contribution in [0.5, 0.6) is 0 Å². The third kappa shape index (κ3) is 2.86. The molecule has 0 fully saturated rings. The number of hydrogen-bond acceptors (Lipinski definition) is 3. The molecule has 0 saturated heterocycles. The fourth-order valence-electron chi connectivity index (χ4n) is 3.79. The summed E-state index contributed by atoms with van der Waals surface area (Å²) in [5.74, 6) is 0. The number of aromatic nitrogens is 4. The number of aryl methyl sites for hydroxylation is 1. The molecule has 0 spiro atoms. The van der Waals surface area contributed by atoms with Gasteiger partial charge in [-0.15, -0.1) is 0 Å². The average molecular weight is 355 g/mol. The van der Waals surface area contributed by atoms with E-state index in [1.165, 1.54) is 33.3 Å². The van der Waals surface area contributed by atoms with Crippen LogP contribution in [0, 0.1) is 0 Å². The van der Waals surface area contributed by atoms with Crippen LogP contribution in [-0.4, -0.2) is 32.5 Å². The van der Waals surface area contributed by atoms with Crippen molar-refractivity contribution in [2.75, 3.05) is 13.1 Å². The highest BCUT2D eigenvalue weighted by molar-refractivity contribution is 5.90. The van der Waals surface area contributed by atoms with Gasteiger partial charge in [-0.3, -0.25) is 4.68 Å². The zero-order chi connectivity index (χ0) is 18.2. The zero-order valence-corrected chi connectivity index (χ0v) is 15.3. The summed E-state index contributed by atoms with van der Waals surface area (Å²) < 4.78 is 3.82. The lowest BCUT2D eigenvalue weighted by molar-refractivity contribution is 0.738. The third-order valence-electron chi connectivity index (χ3n) is 5.18. The molecule has 5 nitrogen and oxygen atoms in total. The minimum atomic E-state index is 0.930. The van der Waals surface area contributed by atoms with Crippen molar-refractivity contribution in [2.45, 2.75) is 6.42 Å². The predicted molar refractivity (Wildman–Crippen MR) is 108 cm³/mol. The number of hydrogen-bond donors (Lipinski definition) is 1. The maximum absolute atomic E-state index is 4.59. The van der Waals surface area contributed by atoms with Gasteiger partial charge in [0.05, 0.1) is 17.9 Å². The van der Waals surface area contributed by atoms with Crippen LogP contribution in [0.1, 0.15) is 12.0 Å². The van der Waals surface area contributed by atoms with E-state index in [4.69, 9.17) is 0 Å². The molecule has 0 atom stereocenters. The molecule has 1 aliphatic rings. The summed E-state index contributed by atoms with van der Waals surface area (Å²) in [5.41, 5.74) is 8.51. The summed E-state index contributed by atoms with van der Waals surface area (Å²) in [6, 6.07) is 12.9. The Morgan fingerprint density at radius 1 is 0.926 bits per heavy atom. The van der Waals surface area contributed by atoms with Crippen molar-refractivity contribution in [3.05, 3.63) is 72.8 Å². The summed E-state index contributed by atoms with van der Waals surface area (Å²) in [6.45, 7) is 1.95. The van der Waals surface area contributed by atoms with Crippen LogP contribution in [0.25, 0.3) is 33.3 Å². The lowest BCUT2D eigenvalue weighted by Crippen LogP contribution is -2.20. The Morgan fingerprint density at radius 3 is 2.52 bits per heavy atom. The lowest BCUT2D eigenvalue weighted by atomic mass is 9.96. The second-order valence-corrected chi connectivity index (χ2v) is 6.94. The van der Waals surface area contributed by atoms with E-state index in [1.54, 1.807) is 0 Å². The predicted octanol–water partition coefficient (Wildman–Crippen LogP) is 3.78. The molecular weight excluding hydrogens is 334 g/mol. The third-order valence-corrected chi connectivity index (χ3v) is 5.18. The molecule has 0 unspecified atom stereocenters. The van der Waals surface area contributed by atoms with E-state index in [9.17, 15) is 0 Å². The summed E-state index contributed by atoms with van der Waals surface area (Å²) in [6.07, 6.45) is 11.3. The van der Waals surface area contributed by atoms with Crippen LogP contribution in [-0.2, 0) is 7.05 Å². The molecule has 1 aromatic carbocycles. The largest absolute Gasteiger partial charge is 0.313 e. The highest BCUT2D eigenvalue weighted by Crippen LogP contribution is 2.33. The van der Waals surface area contributed by atoms with Crippen LogP contribution in [0.3, 0.4) is 0 Å². The maximum atomic E-state index is 4.59. The van der Waals surface area contributed by atoms with Gasteiger partial charge in [0.25, 0.3) is 0 Å². The van der Waals surface area contributed by atoms with Crippen LogP contribution < -0.4 is 5.32 Å². The van der Waals surface area contributed by atoms with Gasteiger partial charge in [0.15, 0.2) is 0 Å². The van der Waals surface area contributed by atoms with Crippen molar-refractivity contribution in [3.8, 4) is 22.3 Å². The Hall–Kier alpha value is -3.18. The molecule has 1 N–H and O–H groups in total. The fraction of sp³-hybridized carbons (Fsp3) is 0.182. The second kappa shape index (κ2) is 6.52. The number of pyridine rings is 1. The molecular formula is C22H21N5. The lowest BCUT2D eigenvalue weighted by Gasteiger charge is -2.16. The molecule has 0 bridgehead atoms. The maximum Gasteiger partial charge on any atom is 0.0815 e. The highest BCUT2D eigenvalue weighted by atomic mass is 15.2. The van der Waals surface area contributed by atoms with Gasteiger partial charge in [0.1, 0.15) is 0 Å². The van der Waals surface area contributed by atoms with E-state index in [2.05, 4.69) is 58.0 Å². The quantitative estimate of drug-likeness (QED) is 0.608. The van der Waals surface area contributed by atoms with Crippen LogP contribution in [0.4, 0.5) is 0 Å². The standard InChI is InChI=1S/C22H21N5/c1-26-15-19(13-24-26)16-4-6-17(7-5-16)21-14-25-27-12-2-3-20(22(21)27)18-8-10-23-11-9-18/h2-8,12-15,23H,9-11H2,1H3. The topological polar surface area (TPSA) is 47.1 Å². The molecule has 5 heteroatoms. The Labute approximate surface area is 158 Å². The van der Waals surface area contributed by atoms with Crippen molar-refractivity contribution < 1.29 is 0 Å². The summed E-state index contributed by atoms with van der Waals surface area (Å²) >= 11 is 0. The minimum Gasteiger partial charge on any atom is -0.313 e. The van der Waals surface area contributed by atoms with E-state index in [1.807, 2.05) is 41.0 Å². The molecule has 0 amide bonds. The summed E-state index contributed by atoms with van der Waals surface area (Å²) in [4.78, 5) is 0. The SMILES string of the molecule is Cn1cc(-c2ccc(-c3cnn4cccc(C5=CCNCC5)c34)cc2)cn1. The number of nitrogens with zero attached hydrogens (tertiary/aromatic N) is 4. The Morgan fingerprint density at radius 2 is 1.78 bits per heavy atom. The van der Waals surface area contributed by atoms with Gasteiger partial charge in [-0.05, 0) is 35.7 Å². The number of nitrogens with one attached hydrogen (secondary N) is 1. The first-order chi connectivity index (χ1) is 13.3. The van der Waals surface area contributed by atoms with Gasteiger partial charge >= 0.3 is 0 Å². The zero-order valence-electron chi connectivity index (χ0n) is 15.3. The summed E-state index contributed by atoms with van der Waals surface area (Å²) in [7, 11) is 1.94. The van der Waals surface area contributed by atoms with Crippen LogP contribution in [0.2, 0.25) is 0 Å². The van der Waals surface area contributed by atoms with Crippen molar-refractivity contribution in [1.29, 1.82) is 0 Å². The van der Waals surface area contributed by atoms with Crippen molar-refractivity contribution in [1.82, 2.24) is 24.7 Å². The van der Waals surface area contributed by atoms with Gasteiger partial charge in [0.2, 0.25) is 0 Å². The molecule has 134 valence electrons. The van der Waals surface area contributed by atoms with Gasteiger partial charge < -0.3 is 5.32 Å². The second-order valence-electron chi connectivity index (χ2n) is 6.94. The van der Waals surface area contributed by atoms with E-state index in [0.717, 1.165) is 25.1 Å². The van der Waals surface area contributed by atoms with Crippen molar-refractivity contribution >= 4 is 11.1 Å². The molecule has 5 rings (SSSR count). The molecule has 27 heavy (non-hydrogen) atoms. The average Bonchev–Trinajstić information content (AvgIpc) is 3.35. The molecule has 1 aliphatic heterocycles. The fourth-order valence-corrected chi connectivity index (χ4v) is 3.79. The number of rotatable bonds is 3. The van der Waals surface area contributed by atoms with Crippen LogP contribution in [0.15, 0.2) is 67.3 Å². The van der Waals surface area contributed by atoms with E-state index in [-0.39, 0.29) is 0 Å². The number of benzene rings is 1. The smallest absolute Gasteiger partial charge is 0.0815 e. The molecule has 4 aromatic rings. The first kappa shape index (κ1) is 16.0. The Kier molecular flexibility index (Phi) is 3.87. The monoisotopic (exact) mass is 355 g/mol. The Bertz CT molecular complexity index is 1130. The van der Waals surface area contributed by atoms with E-state index < -0.39 is 0 Å². The van der Waals surface area contributed by atoms with Crippen molar-refractivity contribution in [3.63, 3.8) is 0 Å². The molecule has 0 radical (unpaired) electrons. The van der Waals surface area contributed by atoms with Gasteiger partial charge in [-0.2, -0.15) is 10.2 Å². The van der Waals surface area contributed by atoms with E-state index >= 15 is 0 Å². The van der Waals surface area contributed by atoms with Gasteiger partial charge in [-0.25, -0.2) is 4.52 Å². The van der Waals surface area contributed by atoms with Crippen LogP contribution >= 0.6 is 0 Å². The number of fused-ring (bicyclic) bond motifs is 1. The minimum absolute atomic E-state index is 0.930. The first-order valence-electron chi connectivity index (χ1n) is 9.25. The highest BCUT2D eigenvalue weighted by Gasteiger charge is 2.15.